The van der Waals surface area contributed by atoms with Crippen molar-refractivity contribution in [1.29, 1.82) is 10.8 Å². The third-order valence-corrected chi connectivity index (χ3v) is 10.7. The van der Waals surface area contributed by atoms with E-state index in [1.54, 1.807) is 24.3 Å². The van der Waals surface area contributed by atoms with Crippen LogP contribution in [0.1, 0.15) is 88.5 Å². The van der Waals surface area contributed by atoms with E-state index in [1.165, 1.54) is 4.31 Å². The fourth-order valence-electron chi connectivity index (χ4n) is 6.19. The first-order valence-corrected chi connectivity index (χ1v) is 16.7. The maximum Gasteiger partial charge on any atom is 0.243 e. The molecule has 0 spiro atoms. The van der Waals surface area contributed by atoms with Gasteiger partial charge in [0.15, 0.2) is 0 Å². The van der Waals surface area contributed by atoms with Gasteiger partial charge in [-0.05, 0) is 52.6 Å². The highest BCUT2D eigenvalue weighted by Crippen LogP contribution is 2.45. The van der Waals surface area contributed by atoms with E-state index in [9.17, 15) is 8.42 Å². The lowest BCUT2D eigenvalue weighted by Gasteiger charge is -2.28. The molecule has 3 aromatic rings. The molecule has 3 N–H and O–H groups in total. The van der Waals surface area contributed by atoms with Gasteiger partial charge in [0.25, 0.3) is 0 Å². The summed E-state index contributed by atoms with van der Waals surface area (Å²) in [4.78, 5) is 0.191. The topological polar surface area (TPSA) is 106 Å². The number of allylic oxidation sites excluding steroid dienone is 4. The van der Waals surface area contributed by atoms with E-state index < -0.39 is 10.0 Å². The molecule has 0 bridgehead atoms. The van der Waals surface area contributed by atoms with Crippen LogP contribution in [-0.4, -0.2) is 37.5 Å². The lowest BCUT2D eigenvalue weighted by atomic mass is 9.78. The van der Waals surface area contributed by atoms with Gasteiger partial charge in [-0.25, -0.2) is 8.42 Å². The van der Waals surface area contributed by atoms with Crippen molar-refractivity contribution in [3.63, 3.8) is 0 Å². The molecule has 1 aliphatic heterocycles. The number of unbranched alkanes of at least 4 members (excludes halogenated alkanes) is 2. The van der Waals surface area contributed by atoms with Crippen molar-refractivity contribution in [3.8, 4) is 11.5 Å². The van der Waals surface area contributed by atoms with Gasteiger partial charge >= 0.3 is 0 Å². The van der Waals surface area contributed by atoms with Crippen LogP contribution in [0.15, 0.2) is 71.7 Å². The molecule has 7 nitrogen and oxygen atoms in total. The number of benzene rings is 3. The Hall–Kier alpha value is -3.75. The molecule has 1 aliphatic carbocycles. The minimum absolute atomic E-state index is 0.0920. The molecule has 0 saturated heterocycles. The van der Waals surface area contributed by atoms with Crippen LogP contribution < -0.4 is 10.1 Å². The van der Waals surface area contributed by atoms with E-state index in [4.69, 9.17) is 15.6 Å². The Bertz CT molecular complexity index is 1740. The average molecular weight is 599 g/mol. The van der Waals surface area contributed by atoms with Gasteiger partial charge in [-0.3, -0.25) is 10.8 Å². The summed E-state index contributed by atoms with van der Waals surface area (Å²) in [6.07, 6.45) is 12.6. The smallest absolute Gasteiger partial charge is 0.243 e. The molecule has 5 rings (SSSR count). The van der Waals surface area contributed by atoms with Gasteiger partial charge in [0.1, 0.15) is 23.2 Å². The van der Waals surface area contributed by atoms with Gasteiger partial charge in [-0.15, -0.1) is 0 Å². The Morgan fingerprint density at radius 1 is 0.953 bits per heavy atom. The molecular weight excluding hydrogens is 556 g/mol. The van der Waals surface area contributed by atoms with Crippen molar-refractivity contribution in [2.75, 3.05) is 13.1 Å². The van der Waals surface area contributed by atoms with Gasteiger partial charge in [0.05, 0.1) is 4.90 Å². The number of hydrogen-bond donors (Lipinski definition) is 3. The standard InChI is InChI=1S/C35H42N4O3S/c1-6-9-12-18-35(4,5)25-19-24-20-28-32(34(37)38-33(28)36)31(23-14-10-11-15-23)30(24)29(21-25)42-26-16-13-17-27(22-26)43(40,41)39(7-2)8-3/h10-11,13-17,19-23H,6-9,12,18H2,1-5H3,(H3,36,37,38). The second kappa shape index (κ2) is 12.1. The Kier molecular flexibility index (Phi) is 8.63. The van der Waals surface area contributed by atoms with Crippen molar-refractivity contribution in [3.05, 3.63) is 89.0 Å². The van der Waals surface area contributed by atoms with Crippen LogP contribution >= 0.6 is 0 Å². The van der Waals surface area contributed by atoms with Crippen LogP contribution in [0.3, 0.4) is 0 Å². The second-order valence-corrected chi connectivity index (χ2v) is 13.9. The van der Waals surface area contributed by atoms with Crippen molar-refractivity contribution >= 4 is 32.5 Å². The number of amidine groups is 2. The zero-order chi connectivity index (χ0) is 30.9. The predicted octanol–water partition coefficient (Wildman–Crippen LogP) is 7.98. The number of nitrogens with one attached hydrogen (secondary N) is 3. The first-order chi connectivity index (χ1) is 20.5. The van der Waals surface area contributed by atoms with E-state index in [0.29, 0.717) is 35.7 Å². The maximum atomic E-state index is 13.3. The number of sulfonamides is 1. The zero-order valence-electron chi connectivity index (χ0n) is 25.8. The molecule has 2 aliphatic rings. The monoisotopic (exact) mass is 598 g/mol. The highest BCUT2D eigenvalue weighted by Gasteiger charge is 2.32. The molecule has 0 saturated carbocycles. The molecule has 43 heavy (non-hydrogen) atoms. The quantitative estimate of drug-likeness (QED) is 0.184. The van der Waals surface area contributed by atoms with Crippen LogP contribution in [0, 0.1) is 10.8 Å². The summed E-state index contributed by atoms with van der Waals surface area (Å²) in [7, 11) is -3.67. The van der Waals surface area contributed by atoms with E-state index in [1.807, 2.05) is 32.1 Å². The molecule has 0 radical (unpaired) electrons. The highest BCUT2D eigenvalue weighted by atomic mass is 32.2. The van der Waals surface area contributed by atoms with Crippen molar-refractivity contribution < 1.29 is 13.2 Å². The van der Waals surface area contributed by atoms with E-state index in [0.717, 1.165) is 47.6 Å². The van der Waals surface area contributed by atoms with Gasteiger partial charge in [0, 0.05) is 41.6 Å². The molecule has 8 heteroatoms. The summed E-state index contributed by atoms with van der Waals surface area (Å²) in [5.41, 5.74) is 3.31. The molecule has 1 heterocycles. The number of ether oxygens (including phenoxy) is 1. The lowest BCUT2D eigenvalue weighted by molar-refractivity contribution is 0.441. The predicted molar refractivity (Wildman–Crippen MR) is 176 cm³/mol. The molecule has 0 aromatic heterocycles. The van der Waals surface area contributed by atoms with E-state index >= 15 is 0 Å². The maximum absolute atomic E-state index is 13.3. The SMILES string of the molecule is CCCCCC(C)(C)c1cc(Oc2cccc(S(=O)(=O)N(CC)CC)c2)c2c(C3C=CC=C3)c3c(cc2c1)C(=N)NC3=N. The van der Waals surface area contributed by atoms with Crippen molar-refractivity contribution in [2.45, 2.75) is 76.5 Å². The molecule has 0 atom stereocenters. The molecule has 0 amide bonds. The molecule has 0 unspecified atom stereocenters. The van der Waals surface area contributed by atoms with Crippen LogP contribution in [0.4, 0.5) is 0 Å². The summed E-state index contributed by atoms with van der Waals surface area (Å²) in [6.45, 7) is 11.1. The van der Waals surface area contributed by atoms with E-state index in [2.05, 4.69) is 50.4 Å². The van der Waals surface area contributed by atoms with Gasteiger partial charge in [-0.2, -0.15) is 4.31 Å². The third-order valence-electron chi connectivity index (χ3n) is 8.65. The summed E-state index contributed by atoms with van der Waals surface area (Å²) >= 11 is 0. The summed E-state index contributed by atoms with van der Waals surface area (Å²) < 4.78 is 34.8. The number of fused-ring (bicyclic) bond motifs is 2. The highest BCUT2D eigenvalue weighted by molar-refractivity contribution is 7.89. The zero-order valence-corrected chi connectivity index (χ0v) is 26.6. The van der Waals surface area contributed by atoms with Crippen molar-refractivity contribution in [1.82, 2.24) is 9.62 Å². The molecular formula is C35H42N4O3S. The number of rotatable bonds is 12. The summed E-state index contributed by atoms with van der Waals surface area (Å²) in [5.74, 6) is 1.38. The van der Waals surface area contributed by atoms with Crippen LogP contribution in [0.25, 0.3) is 10.8 Å². The van der Waals surface area contributed by atoms with Crippen LogP contribution in [-0.2, 0) is 15.4 Å². The average Bonchev–Trinajstić information content (AvgIpc) is 3.60. The van der Waals surface area contributed by atoms with Crippen LogP contribution in [0.5, 0.6) is 11.5 Å². The minimum Gasteiger partial charge on any atom is -0.457 e. The van der Waals surface area contributed by atoms with Gasteiger partial charge in [-0.1, -0.05) is 90.3 Å². The summed E-state index contributed by atoms with van der Waals surface area (Å²) in [6, 6.07) is 13.0. The number of nitrogens with zero attached hydrogens (tertiary/aromatic N) is 1. The first kappa shape index (κ1) is 30.7. The molecule has 226 valence electrons. The Balaban J connectivity index is 1.74. The molecule has 3 aromatic carbocycles. The lowest BCUT2D eigenvalue weighted by Crippen LogP contribution is -2.30. The fourth-order valence-corrected chi connectivity index (χ4v) is 7.68. The van der Waals surface area contributed by atoms with Crippen molar-refractivity contribution in [2.24, 2.45) is 0 Å². The Morgan fingerprint density at radius 2 is 1.67 bits per heavy atom. The Morgan fingerprint density at radius 3 is 2.35 bits per heavy atom. The number of hydrogen-bond acceptors (Lipinski definition) is 5. The first-order valence-electron chi connectivity index (χ1n) is 15.2. The van der Waals surface area contributed by atoms with Gasteiger partial charge < -0.3 is 10.1 Å². The molecule has 0 fully saturated rings. The van der Waals surface area contributed by atoms with Gasteiger partial charge in [0.2, 0.25) is 10.0 Å². The van der Waals surface area contributed by atoms with E-state index in [-0.39, 0.29) is 27.9 Å². The fraction of sp³-hybridized carbons (Fsp3) is 0.371. The third kappa shape index (κ3) is 5.78. The largest absolute Gasteiger partial charge is 0.457 e. The second-order valence-electron chi connectivity index (χ2n) is 12.0. The Labute approximate surface area is 255 Å². The minimum atomic E-state index is -3.67. The van der Waals surface area contributed by atoms with Crippen LogP contribution in [0.2, 0.25) is 0 Å². The summed E-state index contributed by atoms with van der Waals surface area (Å²) in [5, 5.41) is 22.0. The normalized spacial score (nSPS) is 15.1.